The standard InChI is InChI=1S/C8H13NO2/c1-5(2)6-3-7(8(9)10)11-4-6/h3-5,8,10H,9H2,1-2H3/t8-/m1/s1. The number of rotatable bonds is 2. The summed E-state index contributed by atoms with van der Waals surface area (Å²) in [5.74, 6) is 0.833. The molecule has 0 amide bonds. The van der Waals surface area contributed by atoms with E-state index in [1.165, 1.54) is 0 Å². The predicted octanol–water partition coefficient (Wildman–Crippen LogP) is 1.35. The second-order valence-electron chi connectivity index (χ2n) is 2.88. The molecule has 62 valence electrons. The molecule has 0 fully saturated rings. The summed E-state index contributed by atoms with van der Waals surface area (Å²) in [5, 5.41) is 8.90. The van der Waals surface area contributed by atoms with Gasteiger partial charge >= 0.3 is 0 Å². The summed E-state index contributed by atoms with van der Waals surface area (Å²) in [5.41, 5.74) is 6.25. The molecule has 0 radical (unpaired) electrons. The van der Waals surface area contributed by atoms with Crippen LogP contribution in [0.4, 0.5) is 0 Å². The zero-order valence-electron chi connectivity index (χ0n) is 6.74. The van der Waals surface area contributed by atoms with E-state index in [9.17, 15) is 0 Å². The Labute approximate surface area is 65.8 Å². The van der Waals surface area contributed by atoms with Crippen LogP contribution >= 0.6 is 0 Å². The van der Waals surface area contributed by atoms with E-state index in [1.807, 2.05) is 0 Å². The van der Waals surface area contributed by atoms with Gasteiger partial charge in [0.1, 0.15) is 5.76 Å². The van der Waals surface area contributed by atoms with Crippen LogP contribution in [0.3, 0.4) is 0 Å². The van der Waals surface area contributed by atoms with Gasteiger partial charge in [-0.2, -0.15) is 0 Å². The van der Waals surface area contributed by atoms with Gasteiger partial charge in [-0.1, -0.05) is 13.8 Å². The maximum atomic E-state index is 8.90. The topological polar surface area (TPSA) is 59.4 Å². The quantitative estimate of drug-likeness (QED) is 0.634. The van der Waals surface area contributed by atoms with Crippen molar-refractivity contribution < 1.29 is 9.52 Å². The molecular formula is C8H13NO2. The minimum absolute atomic E-state index is 0.409. The van der Waals surface area contributed by atoms with E-state index in [0.29, 0.717) is 11.7 Å². The van der Waals surface area contributed by atoms with Gasteiger partial charge in [-0.05, 0) is 17.5 Å². The van der Waals surface area contributed by atoms with E-state index >= 15 is 0 Å². The summed E-state index contributed by atoms with van der Waals surface area (Å²) in [7, 11) is 0. The number of aliphatic hydroxyl groups is 1. The monoisotopic (exact) mass is 155 g/mol. The summed E-state index contributed by atoms with van der Waals surface area (Å²) in [6, 6.07) is 1.77. The van der Waals surface area contributed by atoms with Crippen LogP contribution in [0.1, 0.15) is 37.3 Å². The molecule has 0 saturated carbocycles. The largest absolute Gasteiger partial charge is 0.465 e. The van der Waals surface area contributed by atoms with E-state index in [4.69, 9.17) is 15.3 Å². The Balaban J connectivity index is 2.82. The van der Waals surface area contributed by atoms with Crippen LogP contribution < -0.4 is 5.73 Å². The number of hydrogen-bond donors (Lipinski definition) is 2. The molecule has 0 bridgehead atoms. The fraction of sp³-hybridized carbons (Fsp3) is 0.500. The first kappa shape index (κ1) is 8.30. The third-order valence-corrected chi connectivity index (χ3v) is 1.60. The summed E-state index contributed by atoms with van der Waals surface area (Å²) in [4.78, 5) is 0. The molecule has 1 rings (SSSR count). The van der Waals surface area contributed by atoms with Crippen LogP contribution in [-0.2, 0) is 0 Å². The van der Waals surface area contributed by atoms with Gasteiger partial charge in [0, 0.05) is 0 Å². The van der Waals surface area contributed by atoms with Gasteiger partial charge in [-0.3, -0.25) is 5.73 Å². The van der Waals surface area contributed by atoms with Crippen LogP contribution in [0.2, 0.25) is 0 Å². The third kappa shape index (κ3) is 1.82. The minimum atomic E-state index is -0.998. The average molecular weight is 155 g/mol. The van der Waals surface area contributed by atoms with E-state index in [1.54, 1.807) is 12.3 Å². The second-order valence-corrected chi connectivity index (χ2v) is 2.88. The lowest BCUT2D eigenvalue weighted by Crippen LogP contribution is -2.06. The number of aliphatic hydroxyl groups excluding tert-OH is 1. The summed E-state index contributed by atoms with van der Waals surface area (Å²) >= 11 is 0. The van der Waals surface area contributed by atoms with Crippen molar-refractivity contribution in [3.8, 4) is 0 Å². The number of hydrogen-bond acceptors (Lipinski definition) is 3. The molecule has 1 aromatic heterocycles. The molecule has 0 aliphatic carbocycles. The summed E-state index contributed by atoms with van der Waals surface area (Å²) in [6.07, 6.45) is 0.623. The second kappa shape index (κ2) is 3.07. The first-order valence-corrected chi connectivity index (χ1v) is 3.63. The van der Waals surface area contributed by atoms with Crippen LogP contribution in [-0.4, -0.2) is 5.11 Å². The van der Waals surface area contributed by atoms with Gasteiger partial charge in [0.05, 0.1) is 6.26 Å². The van der Waals surface area contributed by atoms with Crippen LogP contribution in [0.25, 0.3) is 0 Å². The van der Waals surface area contributed by atoms with Gasteiger partial charge < -0.3 is 9.52 Å². The smallest absolute Gasteiger partial charge is 0.161 e. The lowest BCUT2D eigenvalue weighted by atomic mass is 10.1. The Kier molecular flexibility index (Phi) is 2.31. The molecule has 0 aliphatic heterocycles. The minimum Gasteiger partial charge on any atom is -0.465 e. The Morgan fingerprint density at radius 3 is 2.45 bits per heavy atom. The summed E-state index contributed by atoms with van der Waals surface area (Å²) in [6.45, 7) is 4.11. The zero-order chi connectivity index (χ0) is 8.43. The first-order chi connectivity index (χ1) is 5.11. The van der Waals surface area contributed by atoms with Gasteiger partial charge in [-0.15, -0.1) is 0 Å². The average Bonchev–Trinajstić information content (AvgIpc) is 2.33. The molecule has 1 aromatic rings. The maximum absolute atomic E-state index is 8.90. The molecule has 3 N–H and O–H groups in total. The molecular weight excluding hydrogens is 142 g/mol. The SMILES string of the molecule is CC(C)c1coc([C@H](N)O)c1. The third-order valence-electron chi connectivity index (χ3n) is 1.60. The normalized spacial score (nSPS) is 13.9. The molecule has 3 nitrogen and oxygen atoms in total. The van der Waals surface area contributed by atoms with E-state index in [-0.39, 0.29) is 0 Å². The fourth-order valence-corrected chi connectivity index (χ4v) is 0.826. The highest BCUT2D eigenvalue weighted by Crippen LogP contribution is 2.19. The van der Waals surface area contributed by atoms with Crippen molar-refractivity contribution in [1.29, 1.82) is 0 Å². The number of nitrogens with two attached hydrogens (primary N) is 1. The first-order valence-electron chi connectivity index (χ1n) is 3.63. The Hall–Kier alpha value is -0.800. The molecule has 1 heterocycles. The zero-order valence-corrected chi connectivity index (χ0v) is 6.74. The van der Waals surface area contributed by atoms with Crippen molar-refractivity contribution in [2.75, 3.05) is 0 Å². The Bertz CT molecular complexity index is 205. The molecule has 0 aliphatic rings. The van der Waals surface area contributed by atoms with Gasteiger partial charge in [0.15, 0.2) is 6.23 Å². The van der Waals surface area contributed by atoms with Gasteiger partial charge in [-0.25, -0.2) is 0 Å². The highest BCUT2D eigenvalue weighted by molar-refractivity contribution is 5.17. The molecule has 0 unspecified atom stereocenters. The molecule has 11 heavy (non-hydrogen) atoms. The summed E-state index contributed by atoms with van der Waals surface area (Å²) < 4.78 is 5.01. The highest BCUT2D eigenvalue weighted by Gasteiger charge is 2.08. The number of furan rings is 1. The van der Waals surface area contributed by atoms with E-state index < -0.39 is 6.23 Å². The molecule has 1 atom stereocenters. The van der Waals surface area contributed by atoms with Crippen molar-refractivity contribution in [3.63, 3.8) is 0 Å². The molecule has 0 saturated heterocycles. The highest BCUT2D eigenvalue weighted by atomic mass is 16.4. The van der Waals surface area contributed by atoms with Crippen molar-refractivity contribution in [2.45, 2.75) is 26.0 Å². The van der Waals surface area contributed by atoms with Gasteiger partial charge in [0.25, 0.3) is 0 Å². The van der Waals surface area contributed by atoms with Crippen LogP contribution in [0, 0.1) is 0 Å². The van der Waals surface area contributed by atoms with E-state index in [0.717, 1.165) is 5.56 Å². The fourth-order valence-electron chi connectivity index (χ4n) is 0.826. The van der Waals surface area contributed by atoms with Gasteiger partial charge in [0.2, 0.25) is 0 Å². The molecule has 3 heteroatoms. The Morgan fingerprint density at radius 1 is 1.55 bits per heavy atom. The van der Waals surface area contributed by atoms with Crippen molar-refractivity contribution in [1.82, 2.24) is 0 Å². The molecule has 0 spiro atoms. The lowest BCUT2D eigenvalue weighted by Gasteiger charge is -1.97. The lowest BCUT2D eigenvalue weighted by molar-refractivity contribution is 0.157. The van der Waals surface area contributed by atoms with E-state index in [2.05, 4.69) is 13.8 Å². The van der Waals surface area contributed by atoms with Crippen molar-refractivity contribution in [2.24, 2.45) is 5.73 Å². The maximum Gasteiger partial charge on any atom is 0.161 e. The predicted molar refractivity (Wildman–Crippen MR) is 41.9 cm³/mol. The van der Waals surface area contributed by atoms with Crippen molar-refractivity contribution >= 4 is 0 Å². The van der Waals surface area contributed by atoms with Crippen LogP contribution in [0.5, 0.6) is 0 Å². The van der Waals surface area contributed by atoms with Crippen LogP contribution in [0.15, 0.2) is 16.7 Å². The molecule has 0 aromatic carbocycles. The Morgan fingerprint density at radius 2 is 2.18 bits per heavy atom. The van der Waals surface area contributed by atoms with Crippen molar-refractivity contribution in [3.05, 3.63) is 23.7 Å².